The molecule has 1 aliphatic heterocycles. The molecular formula is C18H30N2. The van der Waals surface area contributed by atoms with Crippen molar-refractivity contribution < 1.29 is 0 Å². The summed E-state index contributed by atoms with van der Waals surface area (Å²) in [6.07, 6.45) is 7.87. The highest BCUT2D eigenvalue weighted by atomic mass is 15.1. The number of hydrogen-bond donors (Lipinski definition) is 1. The minimum atomic E-state index is 0.264. The van der Waals surface area contributed by atoms with Crippen LogP contribution in [-0.2, 0) is 6.42 Å². The monoisotopic (exact) mass is 274 g/mol. The van der Waals surface area contributed by atoms with Crippen LogP contribution < -0.4 is 5.73 Å². The molecule has 1 aliphatic rings. The van der Waals surface area contributed by atoms with Gasteiger partial charge in [-0.05, 0) is 50.3 Å². The van der Waals surface area contributed by atoms with E-state index in [9.17, 15) is 0 Å². The first kappa shape index (κ1) is 15.5. The van der Waals surface area contributed by atoms with Crippen molar-refractivity contribution in [2.75, 3.05) is 19.6 Å². The average molecular weight is 274 g/mol. The molecule has 112 valence electrons. The Morgan fingerprint density at radius 2 is 2.00 bits per heavy atom. The number of benzene rings is 1. The first-order chi connectivity index (χ1) is 9.78. The van der Waals surface area contributed by atoms with Crippen LogP contribution in [0.2, 0.25) is 0 Å². The summed E-state index contributed by atoms with van der Waals surface area (Å²) < 4.78 is 0. The van der Waals surface area contributed by atoms with E-state index in [0.717, 1.165) is 18.9 Å². The summed E-state index contributed by atoms with van der Waals surface area (Å²) in [4.78, 5) is 2.59. The van der Waals surface area contributed by atoms with Gasteiger partial charge in [-0.2, -0.15) is 0 Å². The lowest BCUT2D eigenvalue weighted by molar-refractivity contribution is 0.261. The minimum absolute atomic E-state index is 0.264. The molecule has 2 N–H and O–H groups in total. The molecule has 2 rings (SSSR count). The van der Waals surface area contributed by atoms with Gasteiger partial charge in [0.2, 0.25) is 0 Å². The number of nitrogens with zero attached hydrogens (tertiary/aromatic N) is 1. The Morgan fingerprint density at radius 3 is 2.75 bits per heavy atom. The van der Waals surface area contributed by atoms with Crippen LogP contribution in [0, 0.1) is 5.92 Å². The zero-order chi connectivity index (χ0) is 14.2. The molecule has 2 unspecified atom stereocenters. The molecule has 2 nitrogen and oxygen atoms in total. The molecule has 0 spiro atoms. The quantitative estimate of drug-likeness (QED) is 0.861. The van der Waals surface area contributed by atoms with Crippen LogP contribution in [0.1, 0.15) is 44.6 Å². The van der Waals surface area contributed by atoms with Crippen LogP contribution in [0.4, 0.5) is 0 Å². The Kier molecular flexibility index (Phi) is 6.55. The maximum absolute atomic E-state index is 6.34. The van der Waals surface area contributed by atoms with Gasteiger partial charge in [-0.3, -0.25) is 0 Å². The van der Waals surface area contributed by atoms with Crippen molar-refractivity contribution in [3.05, 3.63) is 35.9 Å². The third-order valence-electron chi connectivity index (χ3n) is 4.47. The third-order valence-corrected chi connectivity index (χ3v) is 4.47. The van der Waals surface area contributed by atoms with Crippen molar-refractivity contribution in [2.24, 2.45) is 11.7 Å². The molecule has 0 bridgehead atoms. The standard InChI is InChI=1S/C18H30N2/c1-2-7-16-10-6-12-20(13-11-16)15-18(19)14-17-8-4-3-5-9-17/h3-5,8-9,16,18H,2,6-7,10-15,19H2,1H3. The predicted molar refractivity (Wildman–Crippen MR) is 86.8 cm³/mol. The lowest BCUT2D eigenvalue weighted by atomic mass is 9.96. The van der Waals surface area contributed by atoms with Gasteiger partial charge in [0.25, 0.3) is 0 Å². The van der Waals surface area contributed by atoms with E-state index in [1.165, 1.54) is 50.8 Å². The molecule has 0 aliphatic carbocycles. The Bertz CT molecular complexity index is 363. The minimum Gasteiger partial charge on any atom is -0.326 e. The highest BCUT2D eigenvalue weighted by molar-refractivity contribution is 5.15. The van der Waals surface area contributed by atoms with Crippen molar-refractivity contribution >= 4 is 0 Å². The summed E-state index contributed by atoms with van der Waals surface area (Å²) in [6.45, 7) is 5.84. The molecule has 1 saturated heterocycles. The molecule has 0 amide bonds. The Balaban J connectivity index is 1.75. The fourth-order valence-corrected chi connectivity index (χ4v) is 3.42. The van der Waals surface area contributed by atoms with Gasteiger partial charge in [0, 0.05) is 12.6 Å². The maximum atomic E-state index is 6.34. The normalized spacial score (nSPS) is 22.4. The topological polar surface area (TPSA) is 29.3 Å². The Hall–Kier alpha value is -0.860. The van der Waals surface area contributed by atoms with Gasteiger partial charge in [0.05, 0.1) is 0 Å². The van der Waals surface area contributed by atoms with Gasteiger partial charge >= 0.3 is 0 Å². The highest BCUT2D eigenvalue weighted by Crippen LogP contribution is 2.22. The second-order valence-corrected chi connectivity index (χ2v) is 6.34. The molecule has 1 aromatic carbocycles. The molecular weight excluding hydrogens is 244 g/mol. The maximum Gasteiger partial charge on any atom is 0.0208 e. The number of likely N-dealkylation sites (tertiary alicyclic amines) is 1. The van der Waals surface area contributed by atoms with Gasteiger partial charge in [-0.15, -0.1) is 0 Å². The second-order valence-electron chi connectivity index (χ2n) is 6.34. The summed E-state index contributed by atoms with van der Waals surface area (Å²) in [5, 5.41) is 0. The molecule has 0 aromatic heterocycles. The van der Waals surface area contributed by atoms with Crippen LogP contribution in [0.3, 0.4) is 0 Å². The summed E-state index contributed by atoms with van der Waals surface area (Å²) in [7, 11) is 0. The summed E-state index contributed by atoms with van der Waals surface area (Å²) in [6, 6.07) is 10.9. The van der Waals surface area contributed by atoms with E-state index in [1.54, 1.807) is 0 Å². The molecule has 1 aromatic rings. The molecule has 0 saturated carbocycles. The van der Waals surface area contributed by atoms with Crippen LogP contribution in [0.25, 0.3) is 0 Å². The van der Waals surface area contributed by atoms with Gasteiger partial charge in [-0.25, -0.2) is 0 Å². The van der Waals surface area contributed by atoms with E-state index in [0.29, 0.717) is 0 Å². The SMILES string of the molecule is CCCC1CCCN(CC(N)Cc2ccccc2)CC1. The third kappa shape index (κ3) is 5.26. The van der Waals surface area contributed by atoms with Crippen molar-refractivity contribution in [2.45, 2.75) is 51.5 Å². The van der Waals surface area contributed by atoms with Crippen LogP contribution in [0.5, 0.6) is 0 Å². The van der Waals surface area contributed by atoms with Gasteiger partial charge in [-0.1, -0.05) is 50.1 Å². The van der Waals surface area contributed by atoms with Crippen LogP contribution >= 0.6 is 0 Å². The van der Waals surface area contributed by atoms with E-state index >= 15 is 0 Å². The molecule has 1 fully saturated rings. The Morgan fingerprint density at radius 1 is 1.20 bits per heavy atom. The van der Waals surface area contributed by atoms with Crippen molar-refractivity contribution in [1.29, 1.82) is 0 Å². The first-order valence-corrected chi connectivity index (χ1v) is 8.29. The number of rotatable bonds is 6. The first-order valence-electron chi connectivity index (χ1n) is 8.29. The molecule has 2 atom stereocenters. The Labute approximate surface area is 124 Å². The van der Waals surface area contributed by atoms with E-state index in [4.69, 9.17) is 5.73 Å². The van der Waals surface area contributed by atoms with Crippen molar-refractivity contribution in [3.8, 4) is 0 Å². The summed E-state index contributed by atoms with van der Waals surface area (Å²) >= 11 is 0. The lowest BCUT2D eigenvalue weighted by Crippen LogP contribution is -2.39. The fraction of sp³-hybridized carbons (Fsp3) is 0.667. The average Bonchev–Trinajstić information content (AvgIpc) is 2.66. The largest absolute Gasteiger partial charge is 0.326 e. The number of hydrogen-bond acceptors (Lipinski definition) is 2. The van der Waals surface area contributed by atoms with Gasteiger partial charge in [0.1, 0.15) is 0 Å². The van der Waals surface area contributed by atoms with Gasteiger partial charge < -0.3 is 10.6 Å². The van der Waals surface area contributed by atoms with E-state index in [1.807, 2.05) is 0 Å². The van der Waals surface area contributed by atoms with E-state index < -0.39 is 0 Å². The fourth-order valence-electron chi connectivity index (χ4n) is 3.42. The lowest BCUT2D eigenvalue weighted by Gasteiger charge is -2.24. The van der Waals surface area contributed by atoms with E-state index in [-0.39, 0.29) is 6.04 Å². The second kappa shape index (κ2) is 8.43. The van der Waals surface area contributed by atoms with Crippen molar-refractivity contribution in [1.82, 2.24) is 4.90 Å². The van der Waals surface area contributed by atoms with Crippen LogP contribution in [-0.4, -0.2) is 30.6 Å². The molecule has 2 heteroatoms. The number of nitrogens with two attached hydrogens (primary N) is 1. The smallest absolute Gasteiger partial charge is 0.0208 e. The predicted octanol–water partition coefficient (Wildman–Crippen LogP) is 3.46. The summed E-state index contributed by atoms with van der Waals surface area (Å²) in [5.74, 6) is 0.954. The molecule has 20 heavy (non-hydrogen) atoms. The van der Waals surface area contributed by atoms with Crippen LogP contribution in [0.15, 0.2) is 30.3 Å². The highest BCUT2D eigenvalue weighted by Gasteiger charge is 2.18. The van der Waals surface area contributed by atoms with E-state index in [2.05, 4.69) is 42.2 Å². The molecule has 1 heterocycles. The van der Waals surface area contributed by atoms with Gasteiger partial charge in [0.15, 0.2) is 0 Å². The zero-order valence-electron chi connectivity index (χ0n) is 12.9. The molecule has 0 radical (unpaired) electrons. The zero-order valence-corrected chi connectivity index (χ0v) is 12.9. The summed E-state index contributed by atoms with van der Waals surface area (Å²) in [5.41, 5.74) is 7.70. The van der Waals surface area contributed by atoms with Crippen molar-refractivity contribution in [3.63, 3.8) is 0 Å².